The molecule has 0 spiro atoms. The van der Waals surface area contributed by atoms with Crippen LogP contribution in [0.15, 0.2) is 48.5 Å². The van der Waals surface area contributed by atoms with Crippen LogP contribution >= 0.6 is 0 Å². The van der Waals surface area contributed by atoms with E-state index < -0.39 is 0 Å². The van der Waals surface area contributed by atoms with Crippen LogP contribution in [-0.2, 0) is 11.2 Å². The van der Waals surface area contributed by atoms with E-state index in [2.05, 4.69) is 34.5 Å². The number of halogens is 1. The minimum Gasteiger partial charge on any atom is -0.484 e. The van der Waals surface area contributed by atoms with Gasteiger partial charge in [0, 0.05) is 25.3 Å². The summed E-state index contributed by atoms with van der Waals surface area (Å²) in [6.07, 6.45) is 4.66. The SMILES string of the molecule is O=C(COc1ccc(F)cc1)NCCc1ccc(N2CCCCC2)cc1. The third-order valence-corrected chi connectivity index (χ3v) is 4.58. The summed E-state index contributed by atoms with van der Waals surface area (Å²) in [6.45, 7) is 2.78. The van der Waals surface area contributed by atoms with Gasteiger partial charge in [0.15, 0.2) is 6.61 Å². The molecule has 1 aliphatic rings. The molecular formula is C21H25FN2O2. The molecule has 1 aliphatic heterocycles. The summed E-state index contributed by atoms with van der Waals surface area (Å²) in [6, 6.07) is 14.2. The first-order chi connectivity index (χ1) is 12.7. The number of nitrogens with one attached hydrogen (secondary N) is 1. The van der Waals surface area contributed by atoms with Crippen molar-refractivity contribution < 1.29 is 13.9 Å². The van der Waals surface area contributed by atoms with Crippen molar-refractivity contribution in [1.82, 2.24) is 5.32 Å². The summed E-state index contributed by atoms with van der Waals surface area (Å²) in [4.78, 5) is 14.2. The standard InChI is InChI=1S/C21H25FN2O2/c22-18-6-10-20(11-7-18)26-16-21(25)23-13-12-17-4-8-19(9-5-17)24-14-2-1-3-15-24/h4-11H,1-3,12-16H2,(H,23,25). The number of carbonyl (C=O) groups is 1. The maximum atomic E-state index is 12.8. The summed E-state index contributed by atoms with van der Waals surface area (Å²) in [7, 11) is 0. The van der Waals surface area contributed by atoms with Crippen molar-refractivity contribution in [2.45, 2.75) is 25.7 Å². The molecule has 1 fully saturated rings. The fourth-order valence-corrected chi connectivity index (χ4v) is 3.10. The monoisotopic (exact) mass is 356 g/mol. The van der Waals surface area contributed by atoms with Crippen LogP contribution in [0.2, 0.25) is 0 Å². The van der Waals surface area contributed by atoms with Gasteiger partial charge in [0.2, 0.25) is 0 Å². The van der Waals surface area contributed by atoms with Gasteiger partial charge in [-0.05, 0) is 67.6 Å². The van der Waals surface area contributed by atoms with Crippen LogP contribution in [-0.4, -0.2) is 32.1 Å². The number of hydrogen-bond donors (Lipinski definition) is 1. The molecule has 0 unspecified atom stereocenters. The molecule has 0 atom stereocenters. The minimum absolute atomic E-state index is 0.0699. The summed E-state index contributed by atoms with van der Waals surface area (Å²) >= 11 is 0. The second-order valence-electron chi connectivity index (χ2n) is 6.56. The molecule has 1 saturated heterocycles. The van der Waals surface area contributed by atoms with Crippen molar-refractivity contribution in [2.24, 2.45) is 0 Å². The predicted octanol–water partition coefficient (Wildman–Crippen LogP) is 3.55. The van der Waals surface area contributed by atoms with E-state index in [-0.39, 0.29) is 18.3 Å². The van der Waals surface area contributed by atoms with Crippen LogP contribution in [0.1, 0.15) is 24.8 Å². The van der Waals surface area contributed by atoms with Crippen LogP contribution in [0.3, 0.4) is 0 Å². The Labute approximate surface area is 154 Å². The molecule has 2 aromatic rings. The number of hydrogen-bond acceptors (Lipinski definition) is 3. The van der Waals surface area contributed by atoms with Crippen molar-refractivity contribution in [2.75, 3.05) is 31.1 Å². The predicted molar refractivity (Wildman–Crippen MR) is 101 cm³/mol. The van der Waals surface area contributed by atoms with Crippen molar-refractivity contribution >= 4 is 11.6 Å². The number of rotatable bonds is 7. The number of ether oxygens (including phenoxy) is 1. The minimum atomic E-state index is -0.326. The van der Waals surface area contributed by atoms with Gasteiger partial charge in [-0.2, -0.15) is 0 Å². The van der Waals surface area contributed by atoms with Gasteiger partial charge in [-0.15, -0.1) is 0 Å². The number of piperidine rings is 1. The highest BCUT2D eigenvalue weighted by atomic mass is 19.1. The molecule has 2 aromatic carbocycles. The maximum absolute atomic E-state index is 12.8. The summed E-state index contributed by atoms with van der Waals surface area (Å²) in [5.41, 5.74) is 2.48. The Bertz CT molecular complexity index is 695. The lowest BCUT2D eigenvalue weighted by Gasteiger charge is -2.28. The van der Waals surface area contributed by atoms with E-state index >= 15 is 0 Å². The third kappa shape index (κ3) is 5.48. The van der Waals surface area contributed by atoms with E-state index in [0.717, 1.165) is 19.5 Å². The molecule has 5 heteroatoms. The average molecular weight is 356 g/mol. The molecule has 0 saturated carbocycles. The lowest BCUT2D eigenvalue weighted by atomic mass is 10.1. The third-order valence-electron chi connectivity index (χ3n) is 4.58. The fraction of sp³-hybridized carbons (Fsp3) is 0.381. The highest BCUT2D eigenvalue weighted by Gasteiger charge is 2.10. The summed E-state index contributed by atoms with van der Waals surface area (Å²) in [5, 5.41) is 2.84. The summed E-state index contributed by atoms with van der Waals surface area (Å²) in [5.74, 6) is -0.0257. The van der Waals surface area contributed by atoms with Crippen molar-refractivity contribution in [1.29, 1.82) is 0 Å². The Balaban J connectivity index is 1.37. The zero-order chi connectivity index (χ0) is 18.2. The summed E-state index contributed by atoms with van der Waals surface area (Å²) < 4.78 is 18.1. The van der Waals surface area contributed by atoms with E-state index in [0.29, 0.717) is 12.3 Å². The van der Waals surface area contributed by atoms with Crippen LogP contribution in [0, 0.1) is 5.82 Å². The van der Waals surface area contributed by atoms with Crippen molar-refractivity contribution in [3.05, 3.63) is 59.9 Å². The van der Waals surface area contributed by atoms with Crippen LogP contribution in [0.5, 0.6) is 5.75 Å². The molecule has 4 nitrogen and oxygen atoms in total. The van der Waals surface area contributed by atoms with Gasteiger partial charge in [-0.25, -0.2) is 4.39 Å². The Morgan fingerprint density at radius 2 is 1.69 bits per heavy atom. The van der Waals surface area contributed by atoms with E-state index in [1.165, 1.54) is 54.8 Å². The fourth-order valence-electron chi connectivity index (χ4n) is 3.10. The molecule has 1 heterocycles. The quantitative estimate of drug-likeness (QED) is 0.825. The van der Waals surface area contributed by atoms with Crippen LogP contribution in [0.4, 0.5) is 10.1 Å². The van der Waals surface area contributed by atoms with Crippen LogP contribution < -0.4 is 15.0 Å². The smallest absolute Gasteiger partial charge is 0.257 e. The molecule has 1 N–H and O–H groups in total. The Kier molecular flexibility index (Phi) is 6.47. The van der Waals surface area contributed by atoms with Gasteiger partial charge in [0.1, 0.15) is 11.6 Å². The van der Waals surface area contributed by atoms with E-state index in [4.69, 9.17) is 4.74 Å². The van der Waals surface area contributed by atoms with Gasteiger partial charge < -0.3 is 15.0 Å². The Morgan fingerprint density at radius 3 is 2.38 bits per heavy atom. The normalized spacial score (nSPS) is 14.1. The molecule has 1 amide bonds. The topological polar surface area (TPSA) is 41.6 Å². The van der Waals surface area contributed by atoms with Crippen molar-refractivity contribution in [3.8, 4) is 5.75 Å². The van der Waals surface area contributed by atoms with Gasteiger partial charge in [0.25, 0.3) is 5.91 Å². The first-order valence-electron chi connectivity index (χ1n) is 9.20. The first kappa shape index (κ1) is 18.2. The zero-order valence-corrected chi connectivity index (χ0v) is 14.9. The van der Waals surface area contributed by atoms with Gasteiger partial charge in [-0.1, -0.05) is 12.1 Å². The maximum Gasteiger partial charge on any atom is 0.257 e. The highest BCUT2D eigenvalue weighted by molar-refractivity contribution is 5.77. The van der Waals surface area contributed by atoms with Gasteiger partial charge in [0.05, 0.1) is 0 Å². The molecule has 0 aliphatic carbocycles. The molecule has 0 bridgehead atoms. The lowest BCUT2D eigenvalue weighted by molar-refractivity contribution is -0.123. The largest absolute Gasteiger partial charge is 0.484 e. The molecule has 138 valence electrons. The van der Waals surface area contributed by atoms with Gasteiger partial charge in [-0.3, -0.25) is 4.79 Å². The molecule has 0 radical (unpaired) electrons. The number of benzene rings is 2. The van der Waals surface area contributed by atoms with E-state index in [1.54, 1.807) is 0 Å². The Hall–Kier alpha value is -2.56. The lowest BCUT2D eigenvalue weighted by Crippen LogP contribution is -2.30. The average Bonchev–Trinajstić information content (AvgIpc) is 2.69. The molecular weight excluding hydrogens is 331 g/mol. The van der Waals surface area contributed by atoms with Gasteiger partial charge >= 0.3 is 0 Å². The van der Waals surface area contributed by atoms with Crippen molar-refractivity contribution in [3.63, 3.8) is 0 Å². The number of nitrogens with zero attached hydrogens (tertiary/aromatic N) is 1. The van der Waals surface area contributed by atoms with E-state index in [9.17, 15) is 9.18 Å². The Morgan fingerprint density at radius 1 is 1.00 bits per heavy atom. The number of anilines is 1. The molecule has 3 rings (SSSR count). The second-order valence-corrected chi connectivity index (χ2v) is 6.56. The van der Waals surface area contributed by atoms with Crippen LogP contribution in [0.25, 0.3) is 0 Å². The first-order valence-corrected chi connectivity index (χ1v) is 9.20. The zero-order valence-electron chi connectivity index (χ0n) is 14.9. The highest BCUT2D eigenvalue weighted by Crippen LogP contribution is 2.20. The second kappa shape index (κ2) is 9.22. The number of carbonyl (C=O) groups excluding carboxylic acids is 1. The molecule has 0 aromatic heterocycles. The number of amides is 1. The van der Waals surface area contributed by atoms with E-state index in [1.807, 2.05) is 0 Å². The molecule has 26 heavy (non-hydrogen) atoms.